The predicted octanol–water partition coefficient (Wildman–Crippen LogP) is 4.06. The zero-order valence-corrected chi connectivity index (χ0v) is 15.5. The molecule has 0 spiro atoms. The number of hydrogen-bond donors (Lipinski definition) is 0. The highest BCUT2D eigenvalue weighted by Gasteiger charge is 2.21. The second kappa shape index (κ2) is 6.69. The number of rotatable bonds is 3. The van der Waals surface area contributed by atoms with E-state index >= 15 is 0 Å². The molecule has 4 aromatic rings. The molecule has 0 amide bonds. The first-order chi connectivity index (χ1) is 13.4. The number of halogens is 1. The van der Waals surface area contributed by atoms with Crippen LogP contribution in [0.4, 0.5) is 4.39 Å². The molecule has 0 radical (unpaired) electrons. The normalized spacial score (nSPS) is 11.6. The molecule has 2 aromatic carbocycles. The summed E-state index contributed by atoms with van der Waals surface area (Å²) in [5.74, 6) is -0.644. The van der Waals surface area contributed by atoms with Crippen molar-refractivity contribution >= 4 is 20.8 Å². The van der Waals surface area contributed by atoms with Crippen LogP contribution in [0.1, 0.15) is 0 Å². The summed E-state index contributed by atoms with van der Waals surface area (Å²) in [4.78, 5) is 16.9. The van der Waals surface area contributed by atoms with Crippen LogP contribution in [0.2, 0.25) is 0 Å². The summed E-state index contributed by atoms with van der Waals surface area (Å²) in [5.41, 5.74) is 0.466. The van der Waals surface area contributed by atoms with E-state index in [0.29, 0.717) is 16.5 Å². The molecule has 0 aliphatic carbocycles. The molecule has 4 rings (SSSR count). The van der Waals surface area contributed by atoms with Crippen molar-refractivity contribution in [1.82, 2.24) is 4.98 Å². The van der Waals surface area contributed by atoms with Crippen molar-refractivity contribution < 1.29 is 17.2 Å². The smallest absolute Gasteiger partial charge is 0.220 e. The van der Waals surface area contributed by atoms with Crippen LogP contribution in [0, 0.1) is 5.95 Å². The van der Waals surface area contributed by atoms with Gasteiger partial charge in [-0.25, -0.2) is 13.4 Å². The van der Waals surface area contributed by atoms with Crippen molar-refractivity contribution in [2.75, 3.05) is 6.26 Å². The number of sulfone groups is 1. The molecule has 0 saturated heterocycles. The van der Waals surface area contributed by atoms with Crippen molar-refractivity contribution in [1.29, 1.82) is 0 Å². The summed E-state index contributed by atoms with van der Waals surface area (Å²) >= 11 is 0. The third-order valence-corrected chi connectivity index (χ3v) is 5.50. The van der Waals surface area contributed by atoms with Gasteiger partial charge >= 0.3 is 0 Å². The molecule has 140 valence electrons. The Morgan fingerprint density at radius 3 is 2.36 bits per heavy atom. The van der Waals surface area contributed by atoms with Crippen LogP contribution in [0.3, 0.4) is 0 Å². The first-order valence-electron chi connectivity index (χ1n) is 8.33. The molecule has 0 saturated carbocycles. The van der Waals surface area contributed by atoms with E-state index in [1.807, 2.05) is 0 Å². The standard InChI is InChI=1S/C21H14FNO4S/c1-28(25,26)14-10-8-13(9-11-14)20-18(16-6-4-12-23-21(16)22)19(24)15-5-2-3-7-17(15)27-20/h2-12H,1H3. The average molecular weight is 395 g/mol. The van der Waals surface area contributed by atoms with E-state index in [1.165, 1.54) is 42.6 Å². The second-order valence-electron chi connectivity index (χ2n) is 6.27. The molecule has 0 fully saturated rings. The van der Waals surface area contributed by atoms with Crippen LogP contribution in [-0.4, -0.2) is 19.7 Å². The first kappa shape index (κ1) is 18.1. The SMILES string of the molecule is CS(=O)(=O)c1ccc(-c2oc3ccccc3c(=O)c2-c2cccnc2F)cc1. The molecule has 5 nitrogen and oxygen atoms in total. The van der Waals surface area contributed by atoms with E-state index in [9.17, 15) is 17.6 Å². The van der Waals surface area contributed by atoms with E-state index in [1.54, 1.807) is 24.3 Å². The summed E-state index contributed by atoms with van der Waals surface area (Å²) < 4.78 is 43.8. The Labute approximate surface area is 160 Å². The Balaban J connectivity index is 2.06. The number of pyridine rings is 1. The Morgan fingerprint density at radius 2 is 1.68 bits per heavy atom. The predicted molar refractivity (Wildman–Crippen MR) is 104 cm³/mol. The average Bonchev–Trinajstić information content (AvgIpc) is 2.68. The Hall–Kier alpha value is -3.32. The van der Waals surface area contributed by atoms with E-state index in [4.69, 9.17) is 4.42 Å². The Kier molecular flexibility index (Phi) is 4.31. The number of fused-ring (bicyclic) bond motifs is 1. The summed E-state index contributed by atoms with van der Waals surface area (Å²) in [6.45, 7) is 0. The van der Waals surface area contributed by atoms with Gasteiger partial charge in [-0.05, 0) is 48.5 Å². The lowest BCUT2D eigenvalue weighted by Crippen LogP contribution is -2.09. The fraction of sp³-hybridized carbons (Fsp3) is 0.0476. The van der Waals surface area contributed by atoms with Gasteiger partial charge in [0.1, 0.15) is 11.3 Å². The van der Waals surface area contributed by atoms with Gasteiger partial charge in [0.25, 0.3) is 0 Å². The maximum atomic E-state index is 14.4. The Bertz CT molecular complexity index is 1360. The van der Waals surface area contributed by atoms with E-state index < -0.39 is 21.2 Å². The number of para-hydroxylation sites is 1. The zero-order chi connectivity index (χ0) is 19.9. The molecule has 0 unspecified atom stereocenters. The van der Waals surface area contributed by atoms with Gasteiger partial charge in [0.2, 0.25) is 11.4 Å². The van der Waals surface area contributed by atoms with Crippen molar-refractivity contribution in [3.63, 3.8) is 0 Å². The van der Waals surface area contributed by atoms with E-state index in [2.05, 4.69) is 4.98 Å². The summed E-state index contributed by atoms with van der Waals surface area (Å²) in [7, 11) is -3.38. The minimum atomic E-state index is -3.38. The molecule has 0 bridgehead atoms. The number of benzene rings is 2. The molecule has 2 heterocycles. The maximum absolute atomic E-state index is 14.4. The lowest BCUT2D eigenvalue weighted by Gasteiger charge is -2.11. The quantitative estimate of drug-likeness (QED) is 0.489. The molecule has 7 heteroatoms. The molecule has 0 aliphatic heterocycles. The van der Waals surface area contributed by atoms with Crippen LogP contribution >= 0.6 is 0 Å². The third-order valence-electron chi connectivity index (χ3n) is 4.37. The van der Waals surface area contributed by atoms with Gasteiger partial charge in [0.05, 0.1) is 15.8 Å². The highest BCUT2D eigenvalue weighted by Crippen LogP contribution is 2.33. The lowest BCUT2D eigenvalue weighted by atomic mass is 9.99. The molecule has 2 aromatic heterocycles. The molecular formula is C21H14FNO4S. The number of hydrogen-bond acceptors (Lipinski definition) is 5. The van der Waals surface area contributed by atoms with Gasteiger partial charge in [-0.1, -0.05) is 12.1 Å². The topological polar surface area (TPSA) is 77.2 Å². The molecule has 0 aliphatic rings. The highest BCUT2D eigenvalue weighted by molar-refractivity contribution is 7.90. The van der Waals surface area contributed by atoms with E-state index in [-0.39, 0.29) is 21.8 Å². The molecule has 0 N–H and O–H groups in total. The minimum Gasteiger partial charge on any atom is -0.455 e. The second-order valence-corrected chi connectivity index (χ2v) is 8.29. The number of nitrogens with zero attached hydrogens (tertiary/aromatic N) is 1. The highest BCUT2D eigenvalue weighted by atomic mass is 32.2. The molecule has 28 heavy (non-hydrogen) atoms. The van der Waals surface area contributed by atoms with Crippen molar-refractivity contribution in [3.8, 4) is 22.5 Å². The van der Waals surface area contributed by atoms with Crippen molar-refractivity contribution in [2.45, 2.75) is 4.90 Å². The summed E-state index contributed by atoms with van der Waals surface area (Å²) in [6.07, 6.45) is 2.40. The van der Waals surface area contributed by atoms with Gasteiger partial charge in [-0.3, -0.25) is 4.79 Å². The summed E-state index contributed by atoms with van der Waals surface area (Å²) in [5, 5.41) is 0.317. The van der Waals surface area contributed by atoms with Crippen molar-refractivity contribution in [3.05, 3.63) is 83.0 Å². The fourth-order valence-corrected chi connectivity index (χ4v) is 3.65. The van der Waals surface area contributed by atoms with Gasteiger partial charge in [-0.15, -0.1) is 0 Å². The van der Waals surface area contributed by atoms with Gasteiger partial charge in [0, 0.05) is 23.6 Å². The van der Waals surface area contributed by atoms with E-state index in [0.717, 1.165) is 6.26 Å². The van der Waals surface area contributed by atoms with Crippen LogP contribution in [0.5, 0.6) is 0 Å². The molecular weight excluding hydrogens is 381 g/mol. The minimum absolute atomic E-state index is 0.0178. The summed E-state index contributed by atoms with van der Waals surface area (Å²) in [6, 6.07) is 15.6. The monoisotopic (exact) mass is 395 g/mol. The largest absolute Gasteiger partial charge is 0.455 e. The van der Waals surface area contributed by atoms with Crippen LogP contribution in [0.15, 0.2) is 81.0 Å². The Morgan fingerprint density at radius 1 is 0.964 bits per heavy atom. The van der Waals surface area contributed by atoms with Crippen LogP contribution in [-0.2, 0) is 9.84 Å². The van der Waals surface area contributed by atoms with Gasteiger partial charge < -0.3 is 4.42 Å². The number of aromatic nitrogens is 1. The zero-order valence-electron chi connectivity index (χ0n) is 14.7. The maximum Gasteiger partial charge on any atom is 0.220 e. The van der Waals surface area contributed by atoms with Gasteiger partial charge in [0.15, 0.2) is 9.84 Å². The van der Waals surface area contributed by atoms with Crippen molar-refractivity contribution in [2.24, 2.45) is 0 Å². The molecule has 0 atom stereocenters. The lowest BCUT2D eigenvalue weighted by molar-refractivity contribution is 0.584. The van der Waals surface area contributed by atoms with Crippen LogP contribution < -0.4 is 5.43 Å². The first-order valence-corrected chi connectivity index (χ1v) is 10.2. The van der Waals surface area contributed by atoms with Crippen LogP contribution in [0.25, 0.3) is 33.4 Å². The van der Waals surface area contributed by atoms with Gasteiger partial charge in [-0.2, -0.15) is 4.39 Å². The third kappa shape index (κ3) is 3.10. The fourth-order valence-electron chi connectivity index (χ4n) is 3.02.